The van der Waals surface area contributed by atoms with Crippen LogP contribution in [0.15, 0.2) is 54.2 Å². The first kappa shape index (κ1) is 19.6. The molecule has 0 saturated carbocycles. The van der Waals surface area contributed by atoms with E-state index in [1.165, 1.54) is 25.3 Å². The van der Waals surface area contributed by atoms with Gasteiger partial charge in [0.05, 0.1) is 4.92 Å². The van der Waals surface area contributed by atoms with Crippen molar-refractivity contribution < 1.29 is 14.5 Å². The highest BCUT2D eigenvalue weighted by Crippen LogP contribution is 2.27. The topological polar surface area (TPSA) is 125 Å². The minimum Gasteiger partial charge on any atom is -0.360 e. The van der Waals surface area contributed by atoms with Crippen LogP contribution in [0.2, 0.25) is 5.02 Å². The molecule has 2 aromatic carbocycles. The lowest BCUT2D eigenvalue weighted by Crippen LogP contribution is -2.14. The van der Waals surface area contributed by atoms with E-state index < -0.39 is 10.8 Å². The van der Waals surface area contributed by atoms with Gasteiger partial charge in [0.15, 0.2) is 5.78 Å². The van der Waals surface area contributed by atoms with Gasteiger partial charge in [0.25, 0.3) is 11.6 Å². The third-order valence-corrected chi connectivity index (χ3v) is 3.74. The van der Waals surface area contributed by atoms with Gasteiger partial charge in [0.1, 0.15) is 16.7 Å². The fraction of sp³-hybridized carbons (Fsp3) is 0.0556. The van der Waals surface area contributed by atoms with E-state index in [9.17, 15) is 25.0 Å². The van der Waals surface area contributed by atoms with Crippen molar-refractivity contribution in [2.45, 2.75) is 6.92 Å². The molecule has 0 saturated heterocycles. The van der Waals surface area contributed by atoms with Crippen LogP contribution in [0.4, 0.5) is 17.1 Å². The molecule has 27 heavy (non-hydrogen) atoms. The number of nitro benzene ring substituents is 1. The Kier molecular flexibility index (Phi) is 6.25. The number of rotatable bonds is 6. The van der Waals surface area contributed by atoms with Crippen molar-refractivity contribution in [1.82, 2.24) is 0 Å². The summed E-state index contributed by atoms with van der Waals surface area (Å²) in [6.07, 6.45) is 1.18. The molecule has 2 N–H and O–H groups in total. The molecule has 136 valence electrons. The summed E-state index contributed by atoms with van der Waals surface area (Å²) in [5.41, 5.74) is 0.489. The van der Waals surface area contributed by atoms with Crippen LogP contribution in [0.25, 0.3) is 0 Å². The molecule has 0 aromatic heterocycles. The van der Waals surface area contributed by atoms with Gasteiger partial charge in [-0.15, -0.1) is 0 Å². The molecule has 0 radical (unpaired) electrons. The van der Waals surface area contributed by atoms with E-state index in [4.69, 9.17) is 11.6 Å². The van der Waals surface area contributed by atoms with Gasteiger partial charge in [0, 0.05) is 29.2 Å². The van der Waals surface area contributed by atoms with Gasteiger partial charge in [-0.25, -0.2) is 0 Å². The van der Waals surface area contributed by atoms with Gasteiger partial charge < -0.3 is 10.6 Å². The van der Waals surface area contributed by atoms with Crippen molar-refractivity contribution in [3.05, 3.63) is 74.9 Å². The SMILES string of the molecule is CC(=O)c1cccc(N/C=C(/C#N)C(=O)Nc2ccc(Cl)c([N+](=O)[O-])c2)c1. The molecule has 0 atom stereocenters. The Bertz CT molecular complexity index is 995. The minimum absolute atomic E-state index is 0.0685. The Balaban J connectivity index is 2.16. The second kappa shape index (κ2) is 8.60. The summed E-state index contributed by atoms with van der Waals surface area (Å²) in [4.78, 5) is 33.8. The maximum Gasteiger partial charge on any atom is 0.289 e. The number of benzene rings is 2. The molecular formula is C18H13ClN4O4. The first-order valence-electron chi connectivity index (χ1n) is 7.55. The number of carbonyl (C=O) groups excluding carboxylic acids is 2. The van der Waals surface area contributed by atoms with Gasteiger partial charge >= 0.3 is 0 Å². The number of nitrogens with one attached hydrogen (secondary N) is 2. The Morgan fingerprint density at radius 2 is 1.96 bits per heavy atom. The van der Waals surface area contributed by atoms with E-state index in [0.29, 0.717) is 11.3 Å². The highest BCUT2D eigenvalue weighted by atomic mass is 35.5. The number of anilines is 2. The number of ketones is 1. The maximum absolute atomic E-state index is 12.2. The Morgan fingerprint density at radius 1 is 1.22 bits per heavy atom. The molecule has 0 heterocycles. The molecule has 0 aliphatic rings. The average molecular weight is 385 g/mol. The summed E-state index contributed by atoms with van der Waals surface area (Å²) in [5.74, 6) is -0.880. The lowest BCUT2D eigenvalue weighted by Gasteiger charge is -2.06. The van der Waals surface area contributed by atoms with E-state index in [-0.39, 0.29) is 27.8 Å². The number of Topliss-reactive ketones (excluding diaryl/α,β-unsaturated/α-hetero) is 1. The van der Waals surface area contributed by atoms with E-state index in [2.05, 4.69) is 10.6 Å². The largest absolute Gasteiger partial charge is 0.360 e. The maximum atomic E-state index is 12.2. The fourth-order valence-electron chi connectivity index (χ4n) is 2.06. The second-order valence-corrected chi connectivity index (χ2v) is 5.74. The van der Waals surface area contributed by atoms with Crippen molar-refractivity contribution in [2.24, 2.45) is 0 Å². The van der Waals surface area contributed by atoms with E-state index in [0.717, 1.165) is 6.07 Å². The predicted molar refractivity (Wildman–Crippen MR) is 101 cm³/mol. The summed E-state index contributed by atoms with van der Waals surface area (Å²) in [5, 5.41) is 25.2. The third-order valence-electron chi connectivity index (χ3n) is 3.42. The number of amides is 1. The zero-order valence-corrected chi connectivity index (χ0v) is 14.8. The van der Waals surface area contributed by atoms with Gasteiger partial charge in [-0.1, -0.05) is 23.7 Å². The van der Waals surface area contributed by atoms with E-state index in [1.807, 2.05) is 0 Å². The smallest absolute Gasteiger partial charge is 0.289 e. The van der Waals surface area contributed by atoms with Crippen molar-refractivity contribution in [3.63, 3.8) is 0 Å². The molecule has 0 fully saturated rings. The van der Waals surface area contributed by atoms with Crippen LogP contribution in [0.5, 0.6) is 0 Å². The summed E-state index contributed by atoms with van der Waals surface area (Å²) < 4.78 is 0. The molecule has 9 heteroatoms. The van der Waals surface area contributed by atoms with Crippen molar-refractivity contribution in [3.8, 4) is 6.07 Å². The lowest BCUT2D eigenvalue weighted by molar-refractivity contribution is -0.384. The molecule has 1 amide bonds. The Morgan fingerprint density at radius 3 is 2.59 bits per heavy atom. The number of halogens is 1. The molecule has 0 spiro atoms. The van der Waals surface area contributed by atoms with Crippen molar-refractivity contribution in [2.75, 3.05) is 10.6 Å². The van der Waals surface area contributed by atoms with Gasteiger partial charge in [-0.05, 0) is 31.2 Å². The second-order valence-electron chi connectivity index (χ2n) is 5.33. The van der Waals surface area contributed by atoms with E-state index in [1.54, 1.807) is 30.3 Å². The zero-order valence-electron chi connectivity index (χ0n) is 14.0. The predicted octanol–water partition coefficient (Wildman–Crippen LogP) is 3.91. The van der Waals surface area contributed by atoms with Crippen LogP contribution in [-0.2, 0) is 4.79 Å². The quantitative estimate of drug-likeness (QED) is 0.256. The van der Waals surface area contributed by atoms with Crippen molar-refractivity contribution >= 4 is 40.4 Å². The highest BCUT2D eigenvalue weighted by Gasteiger charge is 2.15. The van der Waals surface area contributed by atoms with Crippen LogP contribution >= 0.6 is 11.6 Å². The average Bonchev–Trinajstić information content (AvgIpc) is 2.63. The molecular weight excluding hydrogens is 372 g/mol. The zero-order chi connectivity index (χ0) is 20.0. The monoisotopic (exact) mass is 384 g/mol. The number of nitrogens with zero attached hydrogens (tertiary/aromatic N) is 2. The van der Waals surface area contributed by atoms with Gasteiger partial charge in [-0.2, -0.15) is 5.26 Å². The van der Waals surface area contributed by atoms with Crippen LogP contribution in [0, 0.1) is 21.4 Å². The molecule has 0 bridgehead atoms. The highest BCUT2D eigenvalue weighted by molar-refractivity contribution is 6.32. The first-order chi connectivity index (χ1) is 12.8. The first-order valence-corrected chi connectivity index (χ1v) is 7.92. The van der Waals surface area contributed by atoms with E-state index >= 15 is 0 Å². The van der Waals surface area contributed by atoms with Gasteiger partial charge in [0.2, 0.25) is 0 Å². The molecule has 8 nitrogen and oxygen atoms in total. The van der Waals surface area contributed by atoms with Crippen LogP contribution in [0.1, 0.15) is 17.3 Å². The minimum atomic E-state index is -0.760. The summed E-state index contributed by atoms with van der Waals surface area (Å²) in [6, 6.07) is 12.0. The van der Waals surface area contributed by atoms with Crippen LogP contribution in [-0.4, -0.2) is 16.6 Å². The van der Waals surface area contributed by atoms with Gasteiger partial charge in [-0.3, -0.25) is 19.7 Å². The van der Waals surface area contributed by atoms with Crippen LogP contribution in [0.3, 0.4) is 0 Å². The lowest BCUT2D eigenvalue weighted by atomic mass is 10.1. The molecule has 0 aliphatic heterocycles. The summed E-state index contributed by atoms with van der Waals surface area (Å²) in [6.45, 7) is 1.43. The normalized spacial score (nSPS) is 10.6. The van der Waals surface area contributed by atoms with Crippen molar-refractivity contribution in [1.29, 1.82) is 5.26 Å². The third kappa shape index (κ3) is 5.14. The Hall–Kier alpha value is -3.70. The molecule has 0 unspecified atom stereocenters. The number of carbonyl (C=O) groups is 2. The molecule has 0 aliphatic carbocycles. The standard InChI is InChI=1S/C18H13ClN4O4/c1-11(24)12-3-2-4-14(7-12)21-10-13(9-20)18(25)22-15-5-6-16(19)17(8-15)23(26)27/h2-8,10,21H,1H3,(H,22,25)/b13-10-. The number of hydrogen-bond acceptors (Lipinski definition) is 6. The van der Waals surface area contributed by atoms with Crippen LogP contribution < -0.4 is 10.6 Å². The number of nitro groups is 1. The summed E-state index contributed by atoms with van der Waals surface area (Å²) >= 11 is 5.72. The number of hydrogen-bond donors (Lipinski definition) is 2. The fourth-order valence-corrected chi connectivity index (χ4v) is 2.25. The summed E-state index contributed by atoms with van der Waals surface area (Å²) in [7, 11) is 0. The molecule has 2 aromatic rings. The Labute approximate surface area is 159 Å². The molecule has 2 rings (SSSR count). The number of nitriles is 1.